The Bertz CT molecular complexity index is 1000. The van der Waals surface area contributed by atoms with E-state index in [0.29, 0.717) is 12.8 Å². The molecule has 4 rings (SSSR count). The third kappa shape index (κ3) is 4.25. The van der Waals surface area contributed by atoms with Crippen LogP contribution in [0.2, 0.25) is 0 Å². The van der Waals surface area contributed by atoms with Crippen molar-refractivity contribution in [3.63, 3.8) is 0 Å². The summed E-state index contributed by atoms with van der Waals surface area (Å²) in [5.74, 6) is 0.615. The molecule has 1 fully saturated rings. The number of fused-ring (bicyclic) bond motifs is 1. The minimum atomic E-state index is -2.99. The number of ether oxygens (including phenoxy) is 1. The minimum absolute atomic E-state index is 0.0870. The Labute approximate surface area is 164 Å². The standard InChI is InChI=1S/C21H22N2O4S/c24-21(12-15-10-11-28(25,26)14-15)23-22-18-13-20(16-6-2-1-3-7-16)27-19-9-5-4-8-17(18)19/h1-9,15,20H,10-14H2,(H,23,24)/b22-18-/t15-,20+/m0/s1. The van der Waals surface area contributed by atoms with Crippen molar-refractivity contribution in [2.45, 2.75) is 25.4 Å². The van der Waals surface area contributed by atoms with Crippen LogP contribution in [0.1, 0.15) is 36.5 Å². The lowest BCUT2D eigenvalue weighted by atomic mass is 9.96. The highest BCUT2D eigenvalue weighted by Crippen LogP contribution is 2.35. The predicted molar refractivity (Wildman–Crippen MR) is 107 cm³/mol. The van der Waals surface area contributed by atoms with Gasteiger partial charge in [0.15, 0.2) is 9.84 Å². The number of amides is 1. The lowest BCUT2D eigenvalue weighted by Gasteiger charge is -2.27. The van der Waals surface area contributed by atoms with E-state index in [0.717, 1.165) is 22.6 Å². The van der Waals surface area contributed by atoms with Gasteiger partial charge in [0.1, 0.15) is 11.9 Å². The molecule has 2 aromatic rings. The SMILES string of the molecule is O=C(C[C@@H]1CCS(=O)(=O)C1)N/N=C1/C[C@H](c2ccccc2)Oc2ccccc21. The molecule has 146 valence electrons. The molecule has 1 saturated heterocycles. The zero-order valence-corrected chi connectivity index (χ0v) is 16.2. The van der Waals surface area contributed by atoms with Gasteiger partial charge in [-0.2, -0.15) is 5.10 Å². The van der Waals surface area contributed by atoms with Crippen molar-refractivity contribution in [3.8, 4) is 5.75 Å². The summed E-state index contributed by atoms with van der Waals surface area (Å²) in [4.78, 5) is 12.3. The number of carbonyl (C=O) groups excluding carboxylic acids is 1. The maximum atomic E-state index is 12.3. The molecule has 0 saturated carbocycles. The molecule has 2 heterocycles. The molecule has 2 aliphatic rings. The average molecular weight is 398 g/mol. The van der Waals surface area contributed by atoms with Crippen LogP contribution in [0.4, 0.5) is 0 Å². The van der Waals surface area contributed by atoms with Gasteiger partial charge < -0.3 is 4.74 Å². The molecule has 7 heteroatoms. The first kappa shape index (κ1) is 18.7. The van der Waals surface area contributed by atoms with Crippen molar-refractivity contribution in [2.24, 2.45) is 11.0 Å². The number of benzene rings is 2. The maximum absolute atomic E-state index is 12.3. The zero-order valence-electron chi connectivity index (χ0n) is 15.4. The molecule has 1 amide bonds. The van der Waals surface area contributed by atoms with Crippen molar-refractivity contribution in [2.75, 3.05) is 11.5 Å². The van der Waals surface area contributed by atoms with Crippen LogP contribution in [0.5, 0.6) is 5.75 Å². The Morgan fingerprint density at radius 3 is 2.61 bits per heavy atom. The summed E-state index contributed by atoms with van der Waals surface area (Å²) in [5.41, 5.74) is 5.28. The number of hydrogen-bond acceptors (Lipinski definition) is 5. The normalized spacial score (nSPS) is 24.4. The molecule has 28 heavy (non-hydrogen) atoms. The van der Waals surface area contributed by atoms with Crippen LogP contribution in [0, 0.1) is 5.92 Å². The topological polar surface area (TPSA) is 84.8 Å². The van der Waals surface area contributed by atoms with E-state index in [-0.39, 0.29) is 35.9 Å². The van der Waals surface area contributed by atoms with Gasteiger partial charge in [-0.3, -0.25) is 4.79 Å². The fraction of sp³-hybridized carbons (Fsp3) is 0.333. The van der Waals surface area contributed by atoms with Gasteiger partial charge in [0.2, 0.25) is 5.91 Å². The van der Waals surface area contributed by atoms with E-state index < -0.39 is 9.84 Å². The summed E-state index contributed by atoms with van der Waals surface area (Å²) < 4.78 is 29.3. The van der Waals surface area contributed by atoms with Gasteiger partial charge in [0.25, 0.3) is 0 Å². The summed E-state index contributed by atoms with van der Waals surface area (Å²) in [6.45, 7) is 0. The molecule has 2 atom stereocenters. The van der Waals surface area contributed by atoms with E-state index >= 15 is 0 Å². The van der Waals surface area contributed by atoms with Crippen LogP contribution in [0.3, 0.4) is 0 Å². The Morgan fingerprint density at radius 1 is 1.11 bits per heavy atom. The molecule has 0 aliphatic carbocycles. The van der Waals surface area contributed by atoms with Crippen molar-refractivity contribution < 1.29 is 17.9 Å². The van der Waals surface area contributed by atoms with Crippen LogP contribution in [-0.2, 0) is 14.6 Å². The maximum Gasteiger partial charge on any atom is 0.240 e. The molecule has 6 nitrogen and oxygen atoms in total. The second kappa shape index (κ2) is 7.75. The number of hydrazone groups is 1. The molecule has 0 bridgehead atoms. The lowest BCUT2D eigenvalue weighted by molar-refractivity contribution is -0.121. The summed E-state index contributed by atoms with van der Waals surface area (Å²) in [7, 11) is -2.99. The first-order valence-electron chi connectivity index (χ1n) is 9.37. The van der Waals surface area contributed by atoms with Crippen molar-refractivity contribution >= 4 is 21.5 Å². The van der Waals surface area contributed by atoms with Crippen LogP contribution in [0.15, 0.2) is 59.7 Å². The van der Waals surface area contributed by atoms with Crippen molar-refractivity contribution in [3.05, 3.63) is 65.7 Å². The Hall–Kier alpha value is -2.67. The molecule has 1 N–H and O–H groups in total. The number of para-hydroxylation sites is 1. The van der Waals surface area contributed by atoms with E-state index in [1.54, 1.807) is 0 Å². The number of sulfone groups is 1. The van der Waals surface area contributed by atoms with Crippen LogP contribution < -0.4 is 10.2 Å². The van der Waals surface area contributed by atoms with Crippen molar-refractivity contribution in [1.29, 1.82) is 0 Å². The van der Waals surface area contributed by atoms with Crippen LogP contribution in [0.25, 0.3) is 0 Å². The highest BCUT2D eigenvalue weighted by Gasteiger charge is 2.30. The van der Waals surface area contributed by atoms with Gasteiger partial charge in [0.05, 0.1) is 17.2 Å². The Kier molecular flexibility index (Phi) is 5.17. The number of carbonyl (C=O) groups is 1. The molecule has 0 unspecified atom stereocenters. The summed E-state index contributed by atoms with van der Waals surface area (Å²) in [5, 5.41) is 4.37. The summed E-state index contributed by atoms with van der Waals surface area (Å²) >= 11 is 0. The molecule has 2 aliphatic heterocycles. The largest absolute Gasteiger partial charge is 0.485 e. The highest BCUT2D eigenvalue weighted by atomic mass is 32.2. The summed E-state index contributed by atoms with van der Waals surface area (Å²) in [6, 6.07) is 17.5. The van der Waals surface area contributed by atoms with Gasteiger partial charge in [-0.25, -0.2) is 13.8 Å². The number of hydrogen-bond donors (Lipinski definition) is 1. The van der Waals surface area contributed by atoms with Gasteiger partial charge in [0, 0.05) is 18.4 Å². The smallest absolute Gasteiger partial charge is 0.240 e. The van der Waals surface area contributed by atoms with Crippen molar-refractivity contribution in [1.82, 2.24) is 5.43 Å². The summed E-state index contributed by atoms with van der Waals surface area (Å²) in [6.07, 6.45) is 1.08. The van der Waals surface area contributed by atoms with E-state index in [4.69, 9.17) is 4.74 Å². The fourth-order valence-corrected chi connectivity index (χ4v) is 5.58. The molecule has 0 aromatic heterocycles. The van der Waals surface area contributed by atoms with Crippen LogP contribution >= 0.6 is 0 Å². The highest BCUT2D eigenvalue weighted by molar-refractivity contribution is 7.91. The Morgan fingerprint density at radius 2 is 1.86 bits per heavy atom. The number of nitrogens with one attached hydrogen (secondary N) is 1. The van der Waals surface area contributed by atoms with Gasteiger partial charge in [-0.1, -0.05) is 42.5 Å². The quantitative estimate of drug-likeness (QED) is 0.803. The van der Waals surface area contributed by atoms with E-state index in [1.165, 1.54) is 0 Å². The average Bonchev–Trinajstić information content (AvgIpc) is 3.04. The van der Waals surface area contributed by atoms with Gasteiger partial charge >= 0.3 is 0 Å². The lowest BCUT2D eigenvalue weighted by Crippen LogP contribution is -2.26. The molecular weight excluding hydrogens is 376 g/mol. The van der Waals surface area contributed by atoms with E-state index in [1.807, 2.05) is 54.6 Å². The van der Waals surface area contributed by atoms with Crippen LogP contribution in [-0.4, -0.2) is 31.5 Å². The fourth-order valence-electron chi connectivity index (χ4n) is 3.72. The van der Waals surface area contributed by atoms with E-state index in [2.05, 4.69) is 10.5 Å². The monoisotopic (exact) mass is 398 g/mol. The number of rotatable bonds is 4. The molecule has 2 aromatic carbocycles. The Balaban J connectivity index is 1.49. The third-order valence-electron chi connectivity index (χ3n) is 5.13. The molecular formula is C21H22N2O4S. The third-order valence-corrected chi connectivity index (χ3v) is 6.97. The number of nitrogens with zero attached hydrogens (tertiary/aromatic N) is 1. The minimum Gasteiger partial charge on any atom is -0.485 e. The van der Waals surface area contributed by atoms with E-state index in [9.17, 15) is 13.2 Å². The molecule has 0 spiro atoms. The molecule has 0 radical (unpaired) electrons. The predicted octanol–water partition coefficient (Wildman–Crippen LogP) is 2.86. The first-order valence-corrected chi connectivity index (χ1v) is 11.2. The first-order chi connectivity index (χ1) is 13.5. The second-order valence-corrected chi connectivity index (χ2v) is 9.51. The second-order valence-electron chi connectivity index (χ2n) is 7.28. The zero-order chi connectivity index (χ0) is 19.6. The van der Waals surface area contributed by atoms with Gasteiger partial charge in [-0.15, -0.1) is 0 Å². The van der Waals surface area contributed by atoms with Gasteiger partial charge in [-0.05, 0) is 30.0 Å².